The van der Waals surface area contributed by atoms with Crippen LogP contribution in [0.15, 0.2) is 59.1 Å². The number of ether oxygens (including phenoxy) is 14. The molecule has 1 fully saturated rings. The van der Waals surface area contributed by atoms with Gasteiger partial charge in [-0.05, 0) is 150 Å². The molecule has 1 aromatic carbocycles. The molecule has 44 heteroatoms. The quantitative estimate of drug-likeness (QED) is 0.00828. The van der Waals surface area contributed by atoms with E-state index in [9.17, 15) is 67.7 Å². The molecule has 0 bridgehead atoms. The smallest absolute Gasteiger partial charge is 0.308 e. The molecule has 0 aliphatic carbocycles. The lowest BCUT2D eigenvalue weighted by Gasteiger charge is -2.39. The highest BCUT2D eigenvalue weighted by atomic mass is 33.1. The molecule has 3 heterocycles. The number of likely N-dealkylation sites (tertiary alicyclic amines) is 1. The molecule has 1 aliphatic heterocycles. The van der Waals surface area contributed by atoms with Crippen LogP contribution in [0.2, 0.25) is 0 Å². The summed E-state index contributed by atoms with van der Waals surface area (Å²) in [7, 11) is 10.8. The van der Waals surface area contributed by atoms with Crippen molar-refractivity contribution in [3.63, 3.8) is 0 Å². The number of benzene rings is 1. The summed E-state index contributed by atoms with van der Waals surface area (Å²) in [6, 6.07) is 9.47. The van der Waals surface area contributed by atoms with Gasteiger partial charge in [-0.15, -0.1) is 11.3 Å². The summed E-state index contributed by atoms with van der Waals surface area (Å²) in [5.74, 6) is -6.17. The number of piperidine rings is 1. The van der Waals surface area contributed by atoms with Gasteiger partial charge in [0.05, 0.1) is 76.0 Å². The minimum absolute atomic E-state index is 0.00200. The first-order valence-corrected chi connectivity index (χ1v) is 50.8. The SMILES string of the molecule is CCC(CO)OC(CO)OC.CCC(CO)OC(COC(=O)CCCC(=O)NCCSSc1ccccn1)OC.CCC(CO)OC(COC(=O)CCCC(=O)O)OC.CCCC(=O)OCN(C(=O)[C@@H](NC(=O)[C@H]1CCCCN1C)[C@@H](C)CC)[C@H](C[C@@H](OC(C)=O)c1nc(C(=O)N[C@@H](Cc2ccc(O)cc2)C[C@H](C)C(=O)OCCCNC(=O)CCCC(=O)OCC(OC)OC(CC)CO)cs1)C(C)C. The molecule has 0 spiro atoms. The number of amides is 5. The summed E-state index contributed by atoms with van der Waals surface area (Å²) in [5.41, 5.74) is 0.773. The van der Waals surface area contributed by atoms with Crippen LogP contribution in [0.5, 0.6) is 5.75 Å². The number of pyridine rings is 1. The number of thiazole rings is 1. The summed E-state index contributed by atoms with van der Waals surface area (Å²) >= 11 is 1.08. The van der Waals surface area contributed by atoms with E-state index in [4.69, 9.17) is 91.8 Å². The lowest BCUT2D eigenvalue weighted by atomic mass is 9.92. The predicted octanol–water partition coefficient (Wildman–Crippen LogP) is 8.60. The third-order valence-corrected chi connectivity index (χ3v) is 24.8. The van der Waals surface area contributed by atoms with Gasteiger partial charge in [-0.25, -0.2) is 9.97 Å². The maximum atomic E-state index is 14.9. The third kappa shape index (κ3) is 58.1. The normalized spacial score (nSPS) is 15.5. The number of nitrogens with zero attached hydrogens (tertiary/aromatic N) is 4. The lowest BCUT2D eigenvalue weighted by molar-refractivity contribution is -0.194. The molecule has 0 saturated carbocycles. The first kappa shape index (κ1) is 129. The Balaban J connectivity index is 0.00000131. The van der Waals surface area contributed by atoms with Gasteiger partial charge in [0.25, 0.3) is 5.91 Å². The van der Waals surface area contributed by atoms with Crippen LogP contribution in [0.3, 0.4) is 0 Å². The number of carboxylic acid groups (broad SMARTS) is 1. The van der Waals surface area contributed by atoms with Gasteiger partial charge in [0.2, 0.25) is 23.6 Å². The van der Waals surface area contributed by atoms with Gasteiger partial charge in [-0.1, -0.05) is 111 Å². The molecule has 4 rings (SSSR count). The van der Waals surface area contributed by atoms with E-state index < -0.39 is 128 Å². The number of esters is 6. The first-order chi connectivity index (χ1) is 66.5. The van der Waals surface area contributed by atoms with Crippen molar-refractivity contribution in [1.82, 2.24) is 41.0 Å². The molecule has 5 amide bonds. The molecule has 41 nitrogen and oxygen atoms in total. The number of aliphatic hydroxyl groups is 5. The lowest BCUT2D eigenvalue weighted by Crippen LogP contribution is -2.59. The summed E-state index contributed by atoms with van der Waals surface area (Å²) in [6.07, 6.45) is 4.67. The fourth-order valence-corrected chi connectivity index (χ4v) is 15.7. The Morgan fingerprint density at radius 1 is 0.583 bits per heavy atom. The van der Waals surface area contributed by atoms with E-state index in [2.05, 4.69) is 31.2 Å². The number of nitrogens with one attached hydrogen (secondary N) is 4. The second-order valence-corrected chi connectivity index (χ2v) is 36.3. The average molecular weight is 2040 g/mol. The van der Waals surface area contributed by atoms with Crippen LogP contribution < -0.4 is 21.3 Å². The van der Waals surface area contributed by atoms with E-state index in [0.29, 0.717) is 64.3 Å². The van der Waals surface area contributed by atoms with Crippen LogP contribution >= 0.6 is 32.9 Å². The number of hydrogen-bond acceptors (Lipinski definition) is 38. The number of aliphatic carboxylic acids is 1. The first-order valence-electron chi connectivity index (χ1n) is 47.6. The van der Waals surface area contributed by atoms with Gasteiger partial charge in [0, 0.05) is 129 Å². The number of rotatable bonds is 70. The summed E-state index contributed by atoms with van der Waals surface area (Å²) < 4.78 is 73.8. The molecule has 3 aromatic rings. The van der Waals surface area contributed by atoms with Crippen molar-refractivity contribution in [2.24, 2.45) is 17.8 Å². The van der Waals surface area contributed by atoms with E-state index in [1.165, 1.54) is 57.8 Å². The second kappa shape index (κ2) is 78.1. The fraction of sp³-hybridized carbons (Fsp3) is 0.726. The number of phenols is 1. The van der Waals surface area contributed by atoms with E-state index in [0.717, 1.165) is 47.1 Å². The summed E-state index contributed by atoms with van der Waals surface area (Å²) in [6.45, 7) is 19.9. The average Bonchev–Trinajstić information content (AvgIpc) is 1.79. The molecule has 15 atom stereocenters. The zero-order valence-electron chi connectivity index (χ0n) is 83.9. The van der Waals surface area contributed by atoms with Crippen molar-refractivity contribution in [2.45, 2.75) is 309 Å². The summed E-state index contributed by atoms with van der Waals surface area (Å²) in [5, 5.41) is 77.5. The monoisotopic (exact) mass is 2040 g/mol. The van der Waals surface area contributed by atoms with Crippen LogP contribution in [-0.2, 0) is 125 Å². The minimum atomic E-state index is -1.05. The zero-order chi connectivity index (χ0) is 104. The number of aromatic hydroxyl groups is 1. The van der Waals surface area contributed by atoms with Crippen LogP contribution in [-0.4, -0.2) is 328 Å². The number of carboxylic acids is 1. The molecule has 8 unspecified atom stereocenters. The standard InChI is InChI=1S/C57H90N6O16S.C19H30N2O6S2.C12H22O7.C7H16O4/c1-11-18-49(68)77-35-63(56(72)52(37(6)12-2)61-54(71)45-19-14-15-27-62(45)9)46(36(4)5)31-47(78-39(8)65)55-60-44(34-80-55)53(70)59-41(30-40-22-24-42(66)25-23-40)29-38(7)57(73)75-28-17-26-58-48(67)20-16-21-50(69)76-33-51(74-10)79-43(13-3)32-64;1-3-15(13-22)27-19(25-2)14-26-18(24)9-6-7-16(23)20-11-12-28-29-17-8-4-5-10-21-17;1-3-9(7-13)19-12(17-2)8-18-11(16)6-4-5-10(14)15;1-3-6(4-8)11-7(5-9)10-2/h22-25,34,36-38,41,43,45-47,51-52,64,66H,11-21,26-33,35H2,1-10H3,(H,58,67)(H,59,70)(H,61,71);4-5,8,10,15,19,22H,3,6-7,9,11-14H2,1-2H3,(H,20,23);9,12-13H,3-8H2,1-2H3,(H,14,15);6-9H,3-5H2,1-2H3/t37-,38-,41+,43?,45+,46+,47+,51?,52-;;;/m0.../s1. The number of carbonyl (C=O) groups excluding carboxylic acids is 11. The van der Waals surface area contributed by atoms with Gasteiger partial charge in [-0.3, -0.25) is 62.4 Å². The van der Waals surface area contributed by atoms with Crippen LogP contribution in [0.25, 0.3) is 0 Å². The fourth-order valence-electron chi connectivity index (χ4n) is 13.1. The highest BCUT2D eigenvalue weighted by Crippen LogP contribution is 2.33. The van der Waals surface area contributed by atoms with E-state index in [1.807, 2.05) is 92.5 Å². The minimum Gasteiger partial charge on any atom is -0.508 e. The number of hydrogen-bond donors (Lipinski definition) is 11. The van der Waals surface area contributed by atoms with Gasteiger partial charge in [-0.2, -0.15) is 0 Å². The third-order valence-electron chi connectivity index (χ3n) is 21.6. The summed E-state index contributed by atoms with van der Waals surface area (Å²) in [4.78, 5) is 164. The van der Waals surface area contributed by atoms with Gasteiger partial charge >= 0.3 is 41.8 Å². The van der Waals surface area contributed by atoms with Crippen molar-refractivity contribution >= 4 is 104 Å². The Kier molecular flexibility index (Phi) is 72.3. The van der Waals surface area contributed by atoms with Crippen LogP contribution in [0.1, 0.15) is 245 Å². The Morgan fingerprint density at radius 2 is 1.09 bits per heavy atom. The molecule has 11 N–H and O–H groups in total. The number of phenolic OH excluding ortho intramolecular Hbond substituents is 1. The molecular weight excluding hydrogens is 1880 g/mol. The molecule has 139 heavy (non-hydrogen) atoms. The van der Waals surface area contributed by atoms with Crippen LogP contribution in [0, 0.1) is 17.8 Å². The Hall–Kier alpha value is -8.42. The van der Waals surface area contributed by atoms with Gasteiger partial charge in [0.15, 0.2) is 38.0 Å². The van der Waals surface area contributed by atoms with Gasteiger partial charge in [0.1, 0.15) is 47.3 Å². The zero-order valence-corrected chi connectivity index (χ0v) is 86.3. The molecule has 2 aromatic heterocycles. The number of likely N-dealkylation sites (N-methyl/N-ethyl adjacent to an activating group) is 1. The molecule has 1 saturated heterocycles. The Morgan fingerprint density at radius 3 is 1.55 bits per heavy atom. The molecule has 1 aliphatic rings. The second-order valence-electron chi connectivity index (χ2n) is 33.0. The number of carbonyl (C=O) groups is 12. The predicted molar refractivity (Wildman–Crippen MR) is 517 cm³/mol. The highest BCUT2D eigenvalue weighted by molar-refractivity contribution is 8.76. The van der Waals surface area contributed by atoms with Crippen LogP contribution in [0.4, 0.5) is 0 Å². The number of aromatic nitrogens is 2. The maximum absolute atomic E-state index is 14.9. The molecule has 0 radical (unpaired) electrons. The topological polar surface area (TPSA) is 556 Å². The van der Waals surface area contributed by atoms with E-state index in [1.54, 1.807) is 46.8 Å². The number of methoxy groups -OCH3 is 4. The largest absolute Gasteiger partial charge is 0.508 e. The molecule has 794 valence electrons. The highest BCUT2D eigenvalue weighted by Gasteiger charge is 2.40. The Bertz CT molecular complexity index is 3860. The van der Waals surface area contributed by atoms with Crippen molar-refractivity contribution in [3.05, 3.63) is 70.3 Å². The van der Waals surface area contributed by atoms with Crippen molar-refractivity contribution < 1.29 is 160 Å². The van der Waals surface area contributed by atoms with Crippen molar-refractivity contribution in [3.8, 4) is 5.75 Å². The molecular formula is C95H158N8O33S3. The van der Waals surface area contributed by atoms with Crippen molar-refractivity contribution in [2.75, 3.05) is 127 Å². The number of aliphatic hydroxyl groups excluding tert-OH is 5. The maximum Gasteiger partial charge on any atom is 0.308 e. The van der Waals surface area contributed by atoms with Gasteiger partial charge < -0.3 is 128 Å². The Labute approximate surface area is 830 Å². The van der Waals surface area contributed by atoms with Crippen molar-refractivity contribution in [1.29, 1.82) is 0 Å². The van der Waals surface area contributed by atoms with E-state index >= 15 is 0 Å². The van der Waals surface area contributed by atoms with E-state index in [-0.39, 0.29) is 207 Å².